The number of rotatable bonds is 3. The molecule has 0 aromatic heterocycles. The summed E-state index contributed by atoms with van der Waals surface area (Å²) in [5, 5.41) is 7.34. The van der Waals surface area contributed by atoms with Crippen molar-refractivity contribution in [3.05, 3.63) is 18.2 Å². The normalized spacial score (nSPS) is 20.4. The van der Waals surface area contributed by atoms with Crippen molar-refractivity contribution in [2.75, 3.05) is 30.3 Å². The second-order valence-corrected chi connectivity index (χ2v) is 6.29. The van der Waals surface area contributed by atoms with Crippen LogP contribution in [-0.2, 0) is 0 Å². The van der Waals surface area contributed by atoms with Gasteiger partial charge in [0.1, 0.15) is 11.4 Å². The SMILES string of the molecule is CCCOc1cccc2c1NCC1(CCCCC1)CN2. The molecule has 2 aliphatic rings. The molecule has 0 atom stereocenters. The average Bonchev–Trinajstić information content (AvgIpc) is 2.67. The van der Waals surface area contributed by atoms with Gasteiger partial charge >= 0.3 is 0 Å². The van der Waals surface area contributed by atoms with Crippen LogP contribution < -0.4 is 15.4 Å². The van der Waals surface area contributed by atoms with Crippen molar-refractivity contribution < 1.29 is 4.74 Å². The van der Waals surface area contributed by atoms with E-state index in [0.717, 1.165) is 37.6 Å². The molecule has 110 valence electrons. The Morgan fingerprint density at radius 3 is 2.70 bits per heavy atom. The van der Waals surface area contributed by atoms with Gasteiger partial charge in [-0.3, -0.25) is 0 Å². The Morgan fingerprint density at radius 2 is 1.90 bits per heavy atom. The summed E-state index contributed by atoms with van der Waals surface area (Å²) in [4.78, 5) is 0. The fraction of sp³-hybridized carbons (Fsp3) is 0.647. The molecule has 1 saturated carbocycles. The number of benzene rings is 1. The molecule has 0 amide bonds. The monoisotopic (exact) mass is 274 g/mol. The van der Waals surface area contributed by atoms with Crippen LogP contribution in [0, 0.1) is 5.41 Å². The second-order valence-electron chi connectivity index (χ2n) is 6.29. The number of hydrogen-bond acceptors (Lipinski definition) is 3. The summed E-state index contributed by atoms with van der Waals surface area (Å²) < 4.78 is 5.88. The van der Waals surface area contributed by atoms with Crippen LogP contribution in [0.25, 0.3) is 0 Å². The highest BCUT2D eigenvalue weighted by Crippen LogP contribution is 2.42. The lowest BCUT2D eigenvalue weighted by Gasteiger charge is -2.36. The van der Waals surface area contributed by atoms with Crippen molar-refractivity contribution in [3.63, 3.8) is 0 Å². The molecule has 3 heteroatoms. The van der Waals surface area contributed by atoms with Crippen LogP contribution in [-0.4, -0.2) is 19.7 Å². The van der Waals surface area contributed by atoms with Gasteiger partial charge in [0.05, 0.1) is 12.3 Å². The van der Waals surface area contributed by atoms with Crippen LogP contribution in [0.2, 0.25) is 0 Å². The van der Waals surface area contributed by atoms with E-state index in [2.05, 4.69) is 35.8 Å². The third kappa shape index (κ3) is 2.72. The van der Waals surface area contributed by atoms with Crippen LogP contribution in [0.1, 0.15) is 45.4 Å². The van der Waals surface area contributed by atoms with E-state index < -0.39 is 0 Å². The van der Waals surface area contributed by atoms with Gasteiger partial charge in [0.2, 0.25) is 0 Å². The summed E-state index contributed by atoms with van der Waals surface area (Å²) >= 11 is 0. The maximum absolute atomic E-state index is 5.88. The van der Waals surface area contributed by atoms with Crippen molar-refractivity contribution in [2.24, 2.45) is 5.41 Å². The zero-order valence-corrected chi connectivity index (χ0v) is 12.5. The topological polar surface area (TPSA) is 33.3 Å². The molecule has 1 fully saturated rings. The number of hydrogen-bond donors (Lipinski definition) is 2. The first-order valence-electron chi connectivity index (χ1n) is 8.07. The summed E-state index contributed by atoms with van der Waals surface area (Å²) in [5.74, 6) is 0.990. The second kappa shape index (κ2) is 5.94. The van der Waals surface area contributed by atoms with E-state index >= 15 is 0 Å². The number of para-hydroxylation sites is 1. The van der Waals surface area contributed by atoms with Gasteiger partial charge in [-0.15, -0.1) is 0 Å². The molecule has 3 rings (SSSR count). The third-order valence-corrected chi connectivity index (χ3v) is 4.70. The van der Waals surface area contributed by atoms with Crippen molar-refractivity contribution in [1.82, 2.24) is 0 Å². The number of anilines is 2. The van der Waals surface area contributed by atoms with Gasteiger partial charge < -0.3 is 15.4 Å². The van der Waals surface area contributed by atoms with Gasteiger partial charge in [-0.05, 0) is 31.4 Å². The van der Waals surface area contributed by atoms with E-state index in [1.807, 2.05) is 0 Å². The van der Waals surface area contributed by atoms with Gasteiger partial charge in [-0.2, -0.15) is 0 Å². The summed E-state index contributed by atoms with van der Waals surface area (Å²) in [6.45, 7) is 5.08. The Bertz CT molecular complexity index is 452. The van der Waals surface area contributed by atoms with E-state index in [9.17, 15) is 0 Å². The molecule has 1 aliphatic carbocycles. The first-order valence-corrected chi connectivity index (χ1v) is 8.07. The minimum atomic E-state index is 0.430. The lowest BCUT2D eigenvalue weighted by molar-refractivity contribution is 0.224. The predicted octanol–water partition coefficient (Wildman–Crippen LogP) is 4.26. The highest BCUT2D eigenvalue weighted by Gasteiger charge is 2.34. The van der Waals surface area contributed by atoms with E-state index in [-0.39, 0.29) is 0 Å². The Labute approximate surface area is 122 Å². The largest absolute Gasteiger partial charge is 0.491 e. The molecule has 2 N–H and O–H groups in total. The van der Waals surface area contributed by atoms with E-state index in [0.29, 0.717) is 5.41 Å². The van der Waals surface area contributed by atoms with E-state index in [1.165, 1.54) is 37.8 Å². The first-order chi connectivity index (χ1) is 9.83. The Kier molecular flexibility index (Phi) is 4.04. The predicted molar refractivity (Wildman–Crippen MR) is 84.7 cm³/mol. The molecule has 0 saturated heterocycles. The molecule has 1 aliphatic heterocycles. The zero-order chi connectivity index (χ0) is 13.8. The van der Waals surface area contributed by atoms with Gasteiger partial charge in [0, 0.05) is 18.5 Å². The molecule has 0 bridgehead atoms. The van der Waals surface area contributed by atoms with Crippen LogP contribution in [0.3, 0.4) is 0 Å². The fourth-order valence-corrected chi connectivity index (χ4v) is 3.47. The van der Waals surface area contributed by atoms with E-state index in [1.54, 1.807) is 0 Å². The van der Waals surface area contributed by atoms with Crippen molar-refractivity contribution in [1.29, 1.82) is 0 Å². The maximum Gasteiger partial charge on any atom is 0.144 e. The molecular weight excluding hydrogens is 248 g/mol. The van der Waals surface area contributed by atoms with Crippen molar-refractivity contribution >= 4 is 11.4 Å². The molecule has 0 radical (unpaired) electrons. The minimum absolute atomic E-state index is 0.430. The smallest absolute Gasteiger partial charge is 0.144 e. The van der Waals surface area contributed by atoms with Crippen LogP contribution >= 0.6 is 0 Å². The minimum Gasteiger partial charge on any atom is -0.491 e. The molecular formula is C17H26N2O. The highest BCUT2D eigenvalue weighted by molar-refractivity contribution is 5.76. The van der Waals surface area contributed by atoms with Gasteiger partial charge in [0.25, 0.3) is 0 Å². The average molecular weight is 274 g/mol. The lowest BCUT2D eigenvalue weighted by Crippen LogP contribution is -2.36. The molecule has 1 aromatic carbocycles. The molecule has 3 nitrogen and oxygen atoms in total. The Morgan fingerprint density at radius 1 is 1.10 bits per heavy atom. The summed E-state index contributed by atoms with van der Waals surface area (Å²) in [7, 11) is 0. The molecule has 1 spiro atoms. The van der Waals surface area contributed by atoms with Crippen LogP contribution in [0.15, 0.2) is 18.2 Å². The van der Waals surface area contributed by atoms with Crippen molar-refractivity contribution in [2.45, 2.75) is 45.4 Å². The summed E-state index contributed by atoms with van der Waals surface area (Å²) in [6, 6.07) is 6.31. The molecule has 1 aromatic rings. The van der Waals surface area contributed by atoms with Crippen LogP contribution in [0.4, 0.5) is 11.4 Å². The third-order valence-electron chi connectivity index (χ3n) is 4.70. The first kappa shape index (κ1) is 13.6. The molecule has 20 heavy (non-hydrogen) atoms. The summed E-state index contributed by atoms with van der Waals surface area (Å²) in [5.41, 5.74) is 2.78. The van der Waals surface area contributed by atoms with Gasteiger partial charge in [-0.1, -0.05) is 32.3 Å². The lowest BCUT2D eigenvalue weighted by atomic mass is 9.74. The summed E-state index contributed by atoms with van der Waals surface area (Å²) in [6.07, 6.45) is 7.87. The van der Waals surface area contributed by atoms with Gasteiger partial charge in [0.15, 0.2) is 0 Å². The standard InChI is InChI=1S/C17H26N2O/c1-2-11-20-15-8-6-7-14-16(15)19-13-17(12-18-14)9-4-3-5-10-17/h6-8,18-19H,2-5,9-13H2,1H3. The Balaban J connectivity index is 1.79. The van der Waals surface area contributed by atoms with Crippen molar-refractivity contribution in [3.8, 4) is 5.75 Å². The highest BCUT2D eigenvalue weighted by atomic mass is 16.5. The fourth-order valence-electron chi connectivity index (χ4n) is 3.47. The van der Waals surface area contributed by atoms with Crippen LogP contribution in [0.5, 0.6) is 5.75 Å². The Hall–Kier alpha value is -1.38. The number of ether oxygens (including phenoxy) is 1. The maximum atomic E-state index is 5.88. The quantitative estimate of drug-likeness (QED) is 0.864. The van der Waals surface area contributed by atoms with E-state index in [4.69, 9.17) is 4.74 Å². The molecule has 0 unspecified atom stereocenters. The number of fused-ring (bicyclic) bond motifs is 1. The zero-order valence-electron chi connectivity index (χ0n) is 12.5. The van der Waals surface area contributed by atoms with Gasteiger partial charge in [-0.25, -0.2) is 0 Å². The number of nitrogens with one attached hydrogen (secondary N) is 2. The molecule has 1 heterocycles.